The van der Waals surface area contributed by atoms with Gasteiger partial charge in [0.15, 0.2) is 6.10 Å². The van der Waals surface area contributed by atoms with Crippen molar-refractivity contribution in [2.75, 3.05) is 13.2 Å². The maximum atomic E-state index is 12.8. The van der Waals surface area contributed by atoms with Gasteiger partial charge in [0, 0.05) is 19.3 Å². The Morgan fingerprint density at radius 3 is 0.772 bits per heavy atom. The van der Waals surface area contributed by atoms with Gasteiger partial charge in [-0.15, -0.1) is 0 Å². The van der Waals surface area contributed by atoms with E-state index in [-0.39, 0.29) is 31.1 Å². The van der Waals surface area contributed by atoms with Gasteiger partial charge in [0.1, 0.15) is 13.2 Å². The Morgan fingerprint density at radius 1 is 0.266 bits per heavy atom. The molecule has 6 heteroatoms. The largest absolute Gasteiger partial charge is 0.462 e. The molecule has 79 heavy (non-hydrogen) atoms. The predicted octanol–water partition coefficient (Wildman–Crippen LogP) is 23.0. The van der Waals surface area contributed by atoms with Crippen LogP contribution in [-0.4, -0.2) is 37.2 Å². The lowest BCUT2D eigenvalue weighted by Gasteiger charge is -2.18. The van der Waals surface area contributed by atoms with Gasteiger partial charge >= 0.3 is 17.9 Å². The number of unbranched alkanes of at least 4 members (excludes halogenated alkanes) is 31. The number of rotatable bonds is 60. The van der Waals surface area contributed by atoms with Gasteiger partial charge in [-0.05, 0) is 103 Å². The van der Waals surface area contributed by atoms with Crippen LogP contribution in [0.3, 0.4) is 0 Å². The van der Waals surface area contributed by atoms with Crippen LogP contribution in [0.5, 0.6) is 0 Å². The summed E-state index contributed by atoms with van der Waals surface area (Å²) in [4.78, 5) is 38.0. The zero-order chi connectivity index (χ0) is 57.1. The number of hydrogen-bond acceptors (Lipinski definition) is 6. The molecule has 0 fully saturated rings. The summed E-state index contributed by atoms with van der Waals surface area (Å²) in [6.45, 7) is 6.35. The maximum Gasteiger partial charge on any atom is 0.306 e. The molecule has 0 saturated carbocycles. The van der Waals surface area contributed by atoms with Crippen LogP contribution >= 0.6 is 0 Å². The van der Waals surface area contributed by atoms with E-state index in [2.05, 4.69) is 130 Å². The lowest BCUT2D eigenvalue weighted by Crippen LogP contribution is -2.30. The van der Waals surface area contributed by atoms with Gasteiger partial charge in [0.05, 0.1) is 0 Å². The summed E-state index contributed by atoms with van der Waals surface area (Å²) in [5, 5.41) is 0. The molecule has 0 aromatic heterocycles. The van der Waals surface area contributed by atoms with E-state index < -0.39 is 6.10 Å². The molecule has 0 spiro atoms. The molecule has 0 aromatic carbocycles. The zero-order valence-corrected chi connectivity index (χ0v) is 51.9. The Labute approximate surface area is 489 Å². The SMILES string of the molecule is CC/C=C\C/C=C\C/C=C\C/C=C\C/C=C\CCCCCCCCCCCCCCCCCC(=O)OCC(COC(=O)CCCCCCC)OC(=O)CCCCCCCCCCCCCC/C=C\C/C=C\C/C=C\C/C=C\CC. The first kappa shape index (κ1) is 75.1. The highest BCUT2D eigenvalue weighted by Gasteiger charge is 2.19. The van der Waals surface area contributed by atoms with Gasteiger partial charge in [0.25, 0.3) is 0 Å². The minimum Gasteiger partial charge on any atom is -0.462 e. The van der Waals surface area contributed by atoms with Crippen molar-refractivity contribution < 1.29 is 28.6 Å². The van der Waals surface area contributed by atoms with Gasteiger partial charge < -0.3 is 14.2 Å². The molecule has 0 bridgehead atoms. The predicted molar refractivity (Wildman–Crippen MR) is 343 cm³/mol. The van der Waals surface area contributed by atoms with E-state index in [4.69, 9.17) is 14.2 Å². The summed E-state index contributed by atoms with van der Waals surface area (Å²) in [6.07, 6.45) is 91.6. The molecular formula is C73H124O6. The minimum absolute atomic E-state index is 0.0766. The van der Waals surface area contributed by atoms with Crippen molar-refractivity contribution in [3.05, 3.63) is 109 Å². The molecule has 0 aliphatic rings. The molecule has 1 unspecified atom stereocenters. The average molecular weight is 1100 g/mol. The van der Waals surface area contributed by atoms with E-state index in [0.717, 1.165) is 122 Å². The number of allylic oxidation sites excluding steroid dienone is 18. The quantitative estimate of drug-likeness (QED) is 0.0261. The summed E-state index contributed by atoms with van der Waals surface area (Å²) < 4.78 is 16.8. The molecule has 452 valence electrons. The zero-order valence-electron chi connectivity index (χ0n) is 51.9. The topological polar surface area (TPSA) is 78.9 Å². The van der Waals surface area contributed by atoms with Gasteiger partial charge in [0.2, 0.25) is 0 Å². The van der Waals surface area contributed by atoms with E-state index >= 15 is 0 Å². The van der Waals surface area contributed by atoms with Gasteiger partial charge in [-0.3, -0.25) is 14.4 Å². The molecule has 0 saturated heterocycles. The number of ether oxygens (including phenoxy) is 3. The van der Waals surface area contributed by atoms with E-state index in [0.29, 0.717) is 19.3 Å². The highest BCUT2D eigenvalue weighted by molar-refractivity contribution is 5.71. The number of carbonyl (C=O) groups excluding carboxylic acids is 3. The van der Waals surface area contributed by atoms with E-state index in [9.17, 15) is 14.4 Å². The van der Waals surface area contributed by atoms with E-state index in [1.54, 1.807) is 0 Å². The van der Waals surface area contributed by atoms with Crippen LogP contribution < -0.4 is 0 Å². The number of esters is 3. The maximum absolute atomic E-state index is 12.8. The fraction of sp³-hybridized carbons (Fsp3) is 0.712. The monoisotopic (exact) mass is 1100 g/mol. The second-order valence-corrected chi connectivity index (χ2v) is 22.0. The van der Waals surface area contributed by atoms with Gasteiger partial charge in [-0.1, -0.05) is 304 Å². The van der Waals surface area contributed by atoms with E-state index in [1.165, 1.54) is 154 Å². The third kappa shape index (κ3) is 64.8. The second kappa shape index (κ2) is 66.6. The van der Waals surface area contributed by atoms with Crippen molar-refractivity contribution in [1.29, 1.82) is 0 Å². The van der Waals surface area contributed by atoms with Crippen molar-refractivity contribution >= 4 is 17.9 Å². The lowest BCUT2D eigenvalue weighted by molar-refractivity contribution is -0.167. The Morgan fingerprint density at radius 2 is 0.494 bits per heavy atom. The summed E-state index contributed by atoms with van der Waals surface area (Å²) in [5.74, 6) is -0.883. The third-order valence-electron chi connectivity index (χ3n) is 14.3. The van der Waals surface area contributed by atoms with Crippen LogP contribution in [0.1, 0.15) is 316 Å². The molecule has 0 rings (SSSR count). The summed E-state index contributed by atoms with van der Waals surface area (Å²) >= 11 is 0. The number of carbonyl (C=O) groups is 3. The smallest absolute Gasteiger partial charge is 0.306 e. The molecule has 0 amide bonds. The molecule has 0 heterocycles. The molecular weight excluding hydrogens is 973 g/mol. The molecule has 6 nitrogen and oxygen atoms in total. The lowest BCUT2D eigenvalue weighted by atomic mass is 10.0. The normalized spacial score (nSPS) is 12.8. The van der Waals surface area contributed by atoms with Crippen molar-refractivity contribution in [3.63, 3.8) is 0 Å². The molecule has 0 aliphatic heterocycles. The Bertz CT molecular complexity index is 1590. The highest BCUT2D eigenvalue weighted by Crippen LogP contribution is 2.17. The molecule has 0 N–H and O–H groups in total. The first-order chi connectivity index (χ1) is 39.0. The molecule has 0 radical (unpaired) electrons. The number of hydrogen-bond donors (Lipinski definition) is 0. The van der Waals surface area contributed by atoms with Crippen LogP contribution in [-0.2, 0) is 28.6 Å². The van der Waals surface area contributed by atoms with Crippen molar-refractivity contribution in [2.45, 2.75) is 322 Å². The van der Waals surface area contributed by atoms with Crippen LogP contribution in [0, 0.1) is 0 Å². The van der Waals surface area contributed by atoms with Crippen LogP contribution in [0.15, 0.2) is 109 Å². The van der Waals surface area contributed by atoms with Crippen molar-refractivity contribution in [1.82, 2.24) is 0 Å². The average Bonchev–Trinajstić information content (AvgIpc) is 3.45. The first-order valence-electron chi connectivity index (χ1n) is 33.4. The molecule has 0 aliphatic carbocycles. The fourth-order valence-electron chi connectivity index (χ4n) is 9.35. The second-order valence-electron chi connectivity index (χ2n) is 22.0. The van der Waals surface area contributed by atoms with Crippen molar-refractivity contribution in [2.24, 2.45) is 0 Å². The summed E-state index contributed by atoms with van der Waals surface area (Å²) in [5.41, 5.74) is 0. The summed E-state index contributed by atoms with van der Waals surface area (Å²) in [7, 11) is 0. The van der Waals surface area contributed by atoms with Crippen LogP contribution in [0.4, 0.5) is 0 Å². The van der Waals surface area contributed by atoms with Crippen LogP contribution in [0.2, 0.25) is 0 Å². The van der Waals surface area contributed by atoms with Crippen LogP contribution in [0.25, 0.3) is 0 Å². The summed E-state index contributed by atoms with van der Waals surface area (Å²) in [6, 6.07) is 0. The minimum atomic E-state index is -0.776. The van der Waals surface area contributed by atoms with Gasteiger partial charge in [-0.2, -0.15) is 0 Å². The van der Waals surface area contributed by atoms with Crippen molar-refractivity contribution in [3.8, 4) is 0 Å². The Kier molecular flexibility index (Phi) is 63.3. The highest BCUT2D eigenvalue weighted by atomic mass is 16.6. The molecule has 0 aromatic rings. The Balaban J connectivity index is 4.00. The fourth-order valence-corrected chi connectivity index (χ4v) is 9.35. The third-order valence-corrected chi connectivity index (χ3v) is 14.3. The molecule has 1 atom stereocenters. The Hall–Kier alpha value is -3.93. The van der Waals surface area contributed by atoms with E-state index in [1.807, 2.05) is 0 Å². The first-order valence-corrected chi connectivity index (χ1v) is 33.4. The van der Waals surface area contributed by atoms with Gasteiger partial charge in [-0.25, -0.2) is 0 Å². The standard InChI is InChI=1S/C73H124O6/c1-4-7-10-13-15-17-19-21-23-25-27-29-31-33-34-35-36-37-38-40-41-43-45-47-49-51-53-55-57-60-63-66-72(75)78-69-70(68-77-71(74)65-62-59-12-9-6-3)79-73(76)67-64-61-58-56-54-52-50-48-46-44-42-39-32-30-28-26-24-22-20-18-16-14-11-8-5-2/h7-8,10-11,15-18,21-24,27-30,33-34,70H,4-6,9,12-14,19-20,25-26,31-32,35-69H2,1-3H3/b10-7-,11-8-,17-15-,18-16-,23-21-,24-22-,29-27-,30-28-,34-33-.